The molecule has 31 heavy (non-hydrogen) atoms. The molecule has 0 spiro atoms. The third-order valence-corrected chi connectivity index (χ3v) is 5.96. The number of hydrogen-bond acceptors (Lipinski definition) is 5. The average molecular weight is 443 g/mol. The van der Waals surface area contributed by atoms with E-state index in [1.807, 2.05) is 6.92 Å². The van der Waals surface area contributed by atoms with Gasteiger partial charge in [0.1, 0.15) is 0 Å². The van der Waals surface area contributed by atoms with Crippen LogP contribution < -0.4 is 5.32 Å². The Morgan fingerprint density at radius 3 is 2.13 bits per heavy atom. The Hall–Kier alpha value is -2.55. The maximum absolute atomic E-state index is 10.5. The van der Waals surface area contributed by atoms with E-state index in [1.165, 1.54) is 23.3 Å². The molecule has 0 radical (unpaired) electrons. The lowest BCUT2D eigenvalue weighted by atomic mass is 9.88. The van der Waals surface area contributed by atoms with E-state index in [0.717, 1.165) is 36.5 Å². The molecule has 2 aromatic carbocycles. The number of hydrogen-bond donors (Lipinski definition) is 3. The molecule has 3 aromatic rings. The number of benzene rings is 2. The lowest BCUT2D eigenvalue weighted by Crippen LogP contribution is -2.39. The van der Waals surface area contributed by atoms with Crippen LogP contribution in [0.15, 0.2) is 53.4 Å². The Labute approximate surface area is 184 Å². The van der Waals surface area contributed by atoms with Gasteiger partial charge in [-0.2, -0.15) is 8.42 Å². The Morgan fingerprint density at radius 1 is 1.03 bits per heavy atom. The van der Waals surface area contributed by atoms with Crippen LogP contribution in [0, 0.1) is 12.3 Å². The summed E-state index contributed by atoms with van der Waals surface area (Å²) in [5, 5.41) is 14.6. The van der Waals surface area contributed by atoms with Gasteiger partial charge in [-0.15, -0.1) is 5.10 Å². The third-order valence-electron chi connectivity index (χ3n) is 5.09. The van der Waals surface area contributed by atoms with Crippen molar-refractivity contribution in [3.63, 3.8) is 0 Å². The normalized spacial score (nSPS) is 14.5. The van der Waals surface area contributed by atoms with Crippen LogP contribution in [0.4, 0.5) is 0 Å². The van der Waals surface area contributed by atoms with E-state index in [4.69, 9.17) is 4.55 Å². The van der Waals surface area contributed by atoms with Crippen molar-refractivity contribution < 1.29 is 13.0 Å². The Kier molecular flexibility index (Phi) is 6.93. The molecule has 1 fully saturated rings. The summed E-state index contributed by atoms with van der Waals surface area (Å²) in [6.07, 6.45) is 0.924. The molecule has 0 unspecified atom stereocenters. The van der Waals surface area contributed by atoms with Crippen molar-refractivity contribution in [2.24, 2.45) is 5.41 Å². The molecule has 4 rings (SSSR count). The molecule has 2 heterocycles. The standard InChI is InChI=1S/C16H22N4.C7H8O3S/c1-16(2,3)8-14-15(19-20-18-14)12-6-4-11(5-7-12)13-9-17-10-13;1-6-2-4-7(5-3-6)11(8,9)10/h4-7,13,17H,8-10H2,1-3H3,(H,18,19,20);2-5H,1H3,(H,8,9,10). The highest BCUT2D eigenvalue weighted by Gasteiger charge is 2.20. The first-order valence-electron chi connectivity index (χ1n) is 10.3. The summed E-state index contributed by atoms with van der Waals surface area (Å²) in [4.78, 5) is -0.0666. The number of rotatable bonds is 4. The van der Waals surface area contributed by atoms with Crippen molar-refractivity contribution >= 4 is 10.1 Å². The second-order valence-electron chi connectivity index (χ2n) is 9.14. The van der Waals surface area contributed by atoms with Gasteiger partial charge < -0.3 is 5.32 Å². The second kappa shape index (κ2) is 9.30. The average Bonchev–Trinajstić information content (AvgIpc) is 3.07. The van der Waals surface area contributed by atoms with Crippen molar-refractivity contribution in [3.05, 3.63) is 65.4 Å². The second-order valence-corrected chi connectivity index (χ2v) is 10.6. The lowest BCUT2D eigenvalue weighted by Gasteiger charge is -2.27. The minimum absolute atomic E-state index is 0.0666. The van der Waals surface area contributed by atoms with Gasteiger partial charge in [-0.3, -0.25) is 9.65 Å². The molecule has 7 nitrogen and oxygen atoms in total. The smallest absolute Gasteiger partial charge is 0.294 e. The highest BCUT2D eigenvalue weighted by atomic mass is 32.2. The van der Waals surface area contributed by atoms with Gasteiger partial charge in [0.05, 0.1) is 16.3 Å². The number of aryl methyl sites for hydroxylation is 1. The van der Waals surface area contributed by atoms with E-state index >= 15 is 0 Å². The van der Waals surface area contributed by atoms with Gasteiger partial charge >= 0.3 is 0 Å². The largest absolute Gasteiger partial charge is 0.315 e. The molecular formula is C23H30N4O3S. The van der Waals surface area contributed by atoms with Gasteiger partial charge in [-0.05, 0) is 36.5 Å². The van der Waals surface area contributed by atoms with Crippen LogP contribution in [-0.2, 0) is 16.5 Å². The molecule has 1 aliphatic heterocycles. The summed E-state index contributed by atoms with van der Waals surface area (Å²) in [6.45, 7) is 10.7. The van der Waals surface area contributed by atoms with E-state index in [2.05, 4.69) is 65.8 Å². The Bertz CT molecular complexity index is 1090. The van der Waals surface area contributed by atoms with Gasteiger partial charge in [0.15, 0.2) is 0 Å². The first-order chi connectivity index (χ1) is 14.5. The fourth-order valence-electron chi connectivity index (χ4n) is 3.26. The van der Waals surface area contributed by atoms with Gasteiger partial charge in [0.25, 0.3) is 10.1 Å². The van der Waals surface area contributed by atoms with E-state index in [-0.39, 0.29) is 10.3 Å². The summed E-state index contributed by atoms with van der Waals surface area (Å²) < 4.78 is 29.6. The van der Waals surface area contributed by atoms with Crippen molar-refractivity contribution in [2.45, 2.75) is 44.9 Å². The van der Waals surface area contributed by atoms with Crippen LogP contribution >= 0.6 is 0 Å². The maximum Gasteiger partial charge on any atom is 0.294 e. The van der Waals surface area contributed by atoms with E-state index in [9.17, 15) is 8.42 Å². The molecule has 3 N–H and O–H groups in total. The fourth-order valence-corrected chi connectivity index (χ4v) is 3.74. The molecule has 1 aromatic heterocycles. The Balaban J connectivity index is 0.000000210. The van der Waals surface area contributed by atoms with Crippen LogP contribution in [-0.4, -0.2) is 41.5 Å². The third kappa shape index (κ3) is 6.46. The minimum Gasteiger partial charge on any atom is -0.315 e. The van der Waals surface area contributed by atoms with Crippen molar-refractivity contribution in [3.8, 4) is 11.3 Å². The molecule has 0 bridgehead atoms. The Morgan fingerprint density at radius 2 is 1.65 bits per heavy atom. The quantitative estimate of drug-likeness (QED) is 0.527. The van der Waals surface area contributed by atoms with Crippen molar-refractivity contribution in [1.29, 1.82) is 0 Å². The maximum atomic E-state index is 10.5. The molecule has 8 heteroatoms. The first-order valence-corrected chi connectivity index (χ1v) is 11.7. The van der Waals surface area contributed by atoms with Gasteiger partial charge in [0.2, 0.25) is 0 Å². The van der Waals surface area contributed by atoms with Gasteiger partial charge in [0, 0.05) is 24.6 Å². The molecule has 1 aliphatic rings. The minimum atomic E-state index is -4.02. The van der Waals surface area contributed by atoms with E-state index in [1.54, 1.807) is 12.1 Å². The predicted molar refractivity (Wildman–Crippen MR) is 122 cm³/mol. The van der Waals surface area contributed by atoms with Crippen molar-refractivity contribution in [1.82, 2.24) is 20.7 Å². The molecule has 0 aliphatic carbocycles. The first kappa shape index (κ1) is 23.1. The van der Waals surface area contributed by atoms with Gasteiger partial charge in [-0.25, -0.2) is 0 Å². The monoisotopic (exact) mass is 442 g/mol. The highest BCUT2D eigenvalue weighted by Crippen LogP contribution is 2.28. The van der Waals surface area contributed by atoms with Crippen molar-refractivity contribution in [2.75, 3.05) is 13.1 Å². The van der Waals surface area contributed by atoms with E-state index < -0.39 is 10.1 Å². The summed E-state index contributed by atoms with van der Waals surface area (Å²) >= 11 is 0. The van der Waals surface area contributed by atoms with Crippen LogP contribution in [0.5, 0.6) is 0 Å². The molecule has 166 valence electrons. The van der Waals surface area contributed by atoms with E-state index in [0.29, 0.717) is 5.92 Å². The number of H-pyrrole nitrogens is 1. The molecule has 0 amide bonds. The molecule has 0 atom stereocenters. The summed E-state index contributed by atoms with van der Waals surface area (Å²) in [6, 6.07) is 14.8. The number of aromatic nitrogens is 3. The number of nitrogens with zero attached hydrogens (tertiary/aromatic N) is 2. The number of aromatic amines is 1. The zero-order valence-electron chi connectivity index (χ0n) is 18.4. The summed E-state index contributed by atoms with van der Waals surface area (Å²) in [5.41, 5.74) is 5.86. The molecule has 1 saturated heterocycles. The lowest BCUT2D eigenvalue weighted by molar-refractivity contribution is 0.406. The highest BCUT2D eigenvalue weighted by molar-refractivity contribution is 7.85. The zero-order valence-corrected chi connectivity index (χ0v) is 19.2. The zero-order chi connectivity index (χ0) is 22.6. The molecular weight excluding hydrogens is 412 g/mol. The number of nitrogens with one attached hydrogen (secondary N) is 2. The van der Waals surface area contributed by atoms with Crippen LogP contribution in [0.25, 0.3) is 11.3 Å². The fraction of sp³-hybridized carbons (Fsp3) is 0.391. The van der Waals surface area contributed by atoms with Crippen LogP contribution in [0.3, 0.4) is 0 Å². The summed E-state index contributed by atoms with van der Waals surface area (Å²) in [5.74, 6) is 0.679. The SMILES string of the molecule is CC(C)(C)Cc1nn[nH]c1-c1ccc(C2CNC2)cc1.Cc1ccc(S(=O)(=O)O)cc1. The van der Waals surface area contributed by atoms with Crippen LogP contribution in [0.2, 0.25) is 0 Å². The van der Waals surface area contributed by atoms with Gasteiger partial charge in [-0.1, -0.05) is 67.9 Å². The van der Waals surface area contributed by atoms with Crippen LogP contribution in [0.1, 0.15) is 43.5 Å². The topological polar surface area (TPSA) is 108 Å². The molecule has 0 saturated carbocycles. The summed E-state index contributed by atoms with van der Waals surface area (Å²) in [7, 11) is -4.02. The predicted octanol–water partition coefficient (Wildman–Crippen LogP) is 3.99.